The number of carbonyl (C=O) groups is 1. The number of hydrogen-bond acceptors (Lipinski definition) is 6. The van der Waals surface area contributed by atoms with E-state index in [0.29, 0.717) is 0 Å². The van der Waals surface area contributed by atoms with Gasteiger partial charge in [0.2, 0.25) is 10.0 Å². The van der Waals surface area contributed by atoms with Gasteiger partial charge in [0, 0.05) is 12.6 Å². The summed E-state index contributed by atoms with van der Waals surface area (Å²) < 4.78 is 53.8. The summed E-state index contributed by atoms with van der Waals surface area (Å²) in [5.74, 6) is -2.26. The Hall–Kier alpha value is -0.710. The molecular weight excluding hydrogens is 322 g/mol. The van der Waals surface area contributed by atoms with Crippen LogP contribution in [0.4, 0.5) is 0 Å². The first kappa shape index (κ1) is 18.3. The van der Waals surface area contributed by atoms with Crippen molar-refractivity contribution in [3.63, 3.8) is 0 Å². The number of sulfone groups is 1. The molecule has 10 heteroatoms. The summed E-state index contributed by atoms with van der Waals surface area (Å²) in [5.41, 5.74) is 0. The highest BCUT2D eigenvalue weighted by Crippen LogP contribution is 2.19. The van der Waals surface area contributed by atoms with E-state index in [1.807, 2.05) is 0 Å². The Kier molecular flexibility index (Phi) is 6.14. The molecule has 0 spiro atoms. The molecule has 1 aliphatic rings. The highest BCUT2D eigenvalue weighted by atomic mass is 32.2. The third-order valence-corrected chi connectivity index (χ3v) is 6.61. The van der Waals surface area contributed by atoms with E-state index in [0.717, 1.165) is 4.31 Å². The molecule has 0 aliphatic carbocycles. The van der Waals surface area contributed by atoms with Crippen molar-refractivity contribution in [1.29, 1.82) is 0 Å². The van der Waals surface area contributed by atoms with Crippen molar-refractivity contribution < 1.29 is 31.5 Å². The van der Waals surface area contributed by atoms with E-state index in [1.165, 1.54) is 0 Å². The Bertz CT molecular complexity index is 567. The van der Waals surface area contributed by atoms with Gasteiger partial charge in [0.1, 0.15) is 0 Å². The average molecular weight is 343 g/mol. The number of aliphatic carboxylic acids is 1. The van der Waals surface area contributed by atoms with Gasteiger partial charge in [-0.15, -0.1) is 0 Å². The molecule has 1 heterocycles. The van der Waals surface area contributed by atoms with E-state index in [1.54, 1.807) is 13.8 Å². The summed E-state index contributed by atoms with van der Waals surface area (Å²) in [4.78, 5) is 10.8. The van der Waals surface area contributed by atoms with Gasteiger partial charge in [-0.05, 0) is 13.8 Å². The molecule has 0 radical (unpaired) electrons. The lowest BCUT2D eigenvalue weighted by Crippen LogP contribution is -2.52. The number of nitrogens with zero attached hydrogens (tertiary/aromatic N) is 1. The molecule has 0 bridgehead atoms. The Morgan fingerprint density at radius 1 is 1.43 bits per heavy atom. The molecule has 124 valence electrons. The topological polar surface area (TPSA) is 118 Å². The molecule has 1 N–H and O–H groups in total. The molecule has 1 aliphatic heterocycles. The largest absolute Gasteiger partial charge is 0.481 e. The van der Waals surface area contributed by atoms with Crippen LogP contribution in [-0.2, 0) is 29.4 Å². The number of rotatable bonds is 7. The Morgan fingerprint density at radius 3 is 2.57 bits per heavy atom. The fourth-order valence-corrected chi connectivity index (χ4v) is 5.36. The lowest BCUT2D eigenvalue weighted by atomic mass is 10.2. The standard InChI is InChI=1S/C11H21NO7S2/c1-9(2)19-4-6-21(17,18)12-3-5-20(15,16)8-10(12)7-11(13)14/h9-10H,3-8H2,1-2H3,(H,13,14). The minimum absolute atomic E-state index is 0.0109. The summed E-state index contributed by atoms with van der Waals surface area (Å²) in [5, 5.41) is 8.83. The maximum Gasteiger partial charge on any atom is 0.305 e. The van der Waals surface area contributed by atoms with Crippen molar-refractivity contribution in [3.8, 4) is 0 Å². The van der Waals surface area contributed by atoms with E-state index in [-0.39, 0.29) is 30.8 Å². The molecule has 1 fully saturated rings. The quantitative estimate of drug-likeness (QED) is 0.650. The summed E-state index contributed by atoms with van der Waals surface area (Å²) >= 11 is 0. The fraction of sp³-hybridized carbons (Fsp3) is 0.909. The average Bonchev–Trinajstić information content (AvgIpc) is 2.25. The second-order valence-corrected chi connectivity index (χ2v) is 9.48. The van der Waals surface area contributed by atoms with Crippen LogP contribution >= 0.6 is 0 Å². The molecule has 0 aromatic carbocycles. The molecular formula is C11H21NO7S2. The van der Waals surface area contributed by atoms with Gasteiger partial charge in [-0.25, -0.2) is 16.8 Å². The molecule has 0 saturated carbocycles. The molecule has 21 heavy (non-hydrogen) atoms. The lowest BCUT2D eigenvalue weighted by Gasteiger charge is -2.33. The number of ether oxygens (including phenoxy) is 1. The van der Waals surface area contributed by atoms with Gasteiger partial charge < -0.3 is 9.84 Å². The molecule has 1 saturated heterocycles. The van der Waals surface area contributed by atoms with E-state index >= 15 is 0 Å². The van der Waals surface area contributed by atoms with Crippen LogP contribution in [0.1, 0.15) is 20.3 Å². The van der Waals surface area contributed by atoms with Crippen molar-refractivity contribution in [2.75, 3.05) is 30.4 Å². The lowest BCUT2D eigenvalue weighted by molar-refractivity contribution is -0.137. The molecule has 0 amide bonds. The van der Waals surface area contributed by atoms with Gasteiger partial charge in [-0.2, -0.15) is 4.31 Å². The van der Waals surface area contributed by atoms with E-state index in [4.69, 9.17) is 9.84 Å². The van der Waals surface area contributed by atoms with E-state index in [2.05, 4.69) is 0 Å². The summed E-state index contributed by atoms with van der Waals surface area (Å²) in [6, 6.07) is -1.05. The third-order valence-electron chi connectivity index (χ3n) is 3.04. The molecule has 1 atom stereocenters. The van der Waals surface area contributed by atoms with Gasteiger partial charge in [0.15, 0.2) is 9.84 Å². The van der Waals surface area contributed by atoms with Crippen LogP contribution in [-0.4, -0.2) is 74.8 Å². The minimum Gasteiger partial charge on any atom is -0.481 e. The second-order valence-electron chi connectivity index (χ2n) is 5.21. The van der Waals surface area contributed by atoms with Crippen LogP contribution in [0.3, 0.4) is 0 Å². The van der Waals surface area contributed by atoms with Gasteiger partial charge in [0.05, 0.1) is 36.4 Å². The molecule has 1 unspecified atom stereocenters. The number of carboxylic acid groups (broad SMARTS) is 1. The first-order chi connectivity index (χ1) is 9.53. The van der Waals surface area contributed by atoms with Crippen LogP contribution in [0.5, 0.6) is 0 Å². The van der Waals surface area contributed by atoms with Crippen LogP contribution in [0.25, 0.3) is 0 Å². The highest BCUT2D eigenvalue weighted by molar-refractivity contribution is 7.92. The summed E-state index contributed by atoms with van der Waals surface area (Å²) in [7, 11) is -7.15. The van der Waals surface area contributed by atoms with Gasteiger partial charge in [0.25, 0.3) is 0 Å². The Labute approximate surface area is 125 Å². The first-order valence-corrected chi connectivity index (χ1v) is 10.00. The normalized spacial score (nSPS) is 23.3. The third kappa shape index (κ3) is 5.89. The zero-order chi connectivity index (χ0) is 16.3. The second kappa shape index (κ2) is 7.03. The van der Waals surface area contributed by atoms with E-state index < -0.39 is 44.0 Å². The number of carboxylic acids is 1. The maximum atomic E-state index is 12.2. The van der Waals surface area contributed by atoms with Crippen LogP contribution in [0, 0.1) is 0 Å². The zero-order valence-corrected chi connectivity index (χ0v) is 13.7. The number of hydrogen-bond donors (Lipinski definition) is 1. The summed E-state index contributed by atoms with van der Waals surface area (Å²) in [6.45, 7) is 3.33. The predicted octanol–water partition coefficient (Wildman–Crippen LogP) is -0.685. The minimum atomic E-state index is -3.74. The van der Waals surface area contributed by atoms with Crippen LogP contribution in [0.2, 0.25) is 0 Å². The van der Waals surface area contributed by atoms with Gasteiger partial charge >= 0.3 is 5.97 Å². The molecule has 0 aromatic rings. The summed E-state index contributed by atoms with van der Waals surface area (Å²) in [6.07, 6.45) is -0.638. The van der Waals surface area contributed by atoms with Crippen molar-refractivity contribution in [3.05, 3.63) is 0 Å². The van der Waals surface area contributed by atoms with Gasteiger partial charge in [-0.1, -0.05) is 0 Å². The Balaban J connectivity index is 2.83. The smallest absolute Gasteiger partial charge is 0.305 e. The van der Waals surface area contributed by atoms with Crippen LogP contribution in [0.15, 0.2) is 0 Å². The first-order valence-electron chi connectivity index (χ1n) is 6.57. The fourth-order valence-electron chi connectivity index (χ4n) is 2.11. The van der Waals surface area contributed by atoms with Crippen molar-refractivity contribution in [2.24, 2.45) is 0 Å². The zero-order valence-electron chi connectivity index (χ0n) is 12.1. The maximum absolute atomic E-state index is 12.2. The SMILES string of the molecule is CC(C)OCCS(=O)(=O)N1CCS(=O)(=O)CC1CC(=O)O. The molecule has 0 aromatic heterocycles. The monoisotopic (exact) mass is 343 g/mol. The molecule has 8 nitrogen and oxygen atoms in total. The van der Waals surface area contributed by atoms with Crippen molar-refractivity contribution in [1.82, 2.24) is 4.31 Å². The Morgan fingerprint density at radius 2 is 2.05 bits per heavy atom. The highest BCUT2D eigenvalue weighted by Gasteiger charge is 2.38. The van der Waals surface area contributed by atoms with Gasteiger partial charge in [-0.3, -0.25) is 4.79 Å². The predicted molar refractivity (Wildman–Crippen MR) is 76.3 cm³/mol. The molecule has 1 rings (SSSR count). The van der Waals surface area contributed by atoms with Crippen molar-refractivity contribution >= 4 is 25.8 Å². The number of sulfonamides is 1. The van der Waals surface area contributed by atoms with Crippen molar-refractivity contribution in [2.45, 2.75) is 32.4 Å². The van der Waals surface area contributed by atoms with Crippen LogP contribution < -0.4 is 0 Å². The van der Waals surface area contributed by atoms with E-state index in [9.17, 15) is 21.6 Å².